The lowest BCUT2D eigenvalue weighted by molar-refractivity contribution is 0.174. The van der Waals surface area contributed by atoms with E-state index in [0.29, 0.717) is 0 Å². The van der Waals surface area contributed by atoms with Crippen molar-refractivity contribution in [2.45, 2.75) is 6.92 Å². The Kier molecular flexibility index (Phi) is 4.65. The summed E-state index contributed by atoms with van der Waals surface area (Å²) in [4.78, 5) is 5.19. The molecule has 0 saturated heterocycles. The molecular formula is C19H16BrN3O2S. The van der Waals surface area contributed by atoms with Gasteiger partial charge in [-0.1, -0.05) is 34.1 Å². The Bertz CT molecular complexity index is 1070. The zero-order valence-corrected chi connectivity index (χ0v) is 16.7. The van der Waals surface area contributed by atoms with E-state index in [4.69, 9.17) is 14.6 Å². The Balaban J connectivity index is 1.82. The van der Waals surface area contributed by atoms with Gasteiger partial charge in [-0.25, -0.2) is 4.68 Å². The first-order chi connectivity index (χ1) is 12.7. The molecule has 0 spiro atoms. The fraction of sp³-hybridized carbons (Fsp3) is 0.158. The average molecular weight is 430 g/mol. The van der Waals surface area contributed by atoms with Crippen LogP contribution in [0.3, 0.4) is 0 Å². The molecule has 1 aromatic heterocycles. The van der Waals surface area contributed by atoms with Crippen LogP contribution in [0.15, 0.2) is 62.4 Å². The van der Waals surface area contributed by atoms with Gasteiger partial charge in [0, 0.05) is 28.0 Å². The number of thiazole rings is 1. The molecule has 0 unspecified atom stereocenters. The predicted octanol–water partition coefficient (Wildman–Crippen LogP) is 4.51. The molecule has 0 amide bonds. The first-order valence-electron chi connectivity index (χ1n) is 8.01. The number of rotatable bonds is 3. The summed E-state index contributed by atoms with van der Waals surface area (Å²) in [6, 6.07) is 13.9. The topological polar surface area (TPSA) is 48.1 Å². The fourth-order valence-electron chi connectivity index (χ4n) is 2.73. The molecule has 0 radical (unpaired) electrons. The number of benzene rings is 2. The number of fused-ring (bicyclic) bond motifs is 1. The molecule has 1 aliphatic heterocycles. The van der Waals surface area contributed by atoms with E-state index < -0.39 is 0 Å². The third-order valence-corrected chi connectivity index (χ3v) is 5.67. The van der Waals surface area contributed by atoms with E-state index in [1.54, 1.807) is 18.4 Å². The molecular weight excluding hydrogens is 414 g/mol. The zero-order valence-electron chi connectivity index (χ0n) is 14.3. The molecule has 7 heteroatoms. The monoisotopic (exact) mass is 429 g/mol. The summed E-state index contributed by atoms with van der Waals surface area (Å²) in [5.41, 5.74) is 3.90. The van der Waals surface area contributed by atoms with Crippen molar-refractivity contribution >= 4 is 33.0 Å². The third-order valence-electron chi connectivity index (χ3n) is 4.07. The van der Waals surface area contributed by atoms with Gasteiger partial charge in [0.2, 0.25) is 11.6 Å². The molecule has 132 valence electrons. The summed E-state index contributed by atoms with van der Waals surface area (Å²) in [7, 11) is 1.78. The van der Waals surface area contributed by atoms with Crippen molar-refractivity contribution in [3.63, 3.8) is 0 Å². The van der Waals surface area contributed by atoms with Crippen LogP contribution in [0.1, 0.15) is 12.5 Å². The molecule has 5 nitrogen and oxygen atoms in total. The van der Waals surface area contributed by atoms with Gasteiger partial charge in [-0.15, -0.1) is 11.3 Å². The van der Waals surface area contributed by atoms with Crippen molar-refractivity contribution in [1.82, 2.24) is 4.68 Å². The van der Waals surface area contributed by atoms with Crippen molar-refractivity contribution in [3.05, 3.63) is 62.7 Å². The van der Waals surface area contributed by atoms with Crippen molar-refractivity contribution in [1.29, 1.82) is 0 Å². The molecule has 2 heterocycles. The Morgan fingerprint density at radius 3 is 2.77 bits per heavy atom. The van der Waals surface area contributed by atoms with Crippen molar-refractivity contribution in [2.75, 3.05) is 13.8 Å². The fourth-order valence-corrected chi connectivity index (χ4v) is 4.01. The van der Waals surface area contributed by atoms with Gasteiger partial charge in [0.05, 0.1) is 11.4 Å². The molecule has 2 aromatic carbocycles. The summed E-state index contributed by atoms with van der Waals surface area (Å²) in [6.45, 7) is 2.24. The zero-order chi connectivity index (χ0) is 18.1. The van der Waals surface area contributed by atoms with Gasteiger partial charge < -0.3 is 9.47 Å². The van der Waals surface area contributed by atoms with Gasteiger partial charge in [0.25, 0.3) is 0 Å². The predicted molar refractivity (Wildman–Crippen MR) is 107 cm³/mol. The Hall–Kier alpha value is -2.38. The van der Waals surface area contributed by atoms with E-state index in [9.17, 15) is 0 Å². The normalized spacial score (nSPS) is 14.1. The van der Waals surface area contributed by atoms with Crippen LogP contribution in [0, 0.1) is 0 Å². The van der Waals surface area contributed by atoms with Crippen LogP contribution in [0.5, 0.6) is 11.5 Å². The lowest BCUT2D eigenvalue weighted by Gasteiger charge is -2.08. The van der Waals surface area contributed by atoms with Crippen molar-refractivity contribution in [3.8, 4) is 22.8 Å². The van der Waals surface area contributed by atoms with Crippen molar-refractivity contribution in [2.24, 2.45) is 10.1 Å². The lowest BCUT2D eigenvalue weighted by Crippen LogP contribution is -2.13. The van der Waals surface area contributed by atoms with E-state index in [1.807, 2.05) is 48.0 Å². The lowest BCUT2D eigenvalue weighted by atomic mass is 10.1. The molecule has 4 rings (SSSR count). The van der Waals surface area contributed by atoms with Crippen LogP contribution in [0.4, 0.5) is 0 Å². The van der Waals surface area contributed by atoms with Gasteiger partial charge >= 0.3 is 0 Å². The number of hydrogen-bond acceptors (Lipinski definition) is 5. The van der Waals surface area contributed by atoms with Gasteiger partial charge in [0.15, 0.2) is 11.5 Å². The Morgan fingerprint density at radius 2 is 1.96 bits per heavy atom. The minimum Gasteiger partial charge on any atom is -0.454 e. The van der Waals surface area contributed by atoms with Crippen LogP contribution in [0.2, 0.25) is 0 Å². The Morgan fingerprint density at radius 1 is 1.15 bits per heavy atom. The smallest absolute Gasteiger partial charge is 0.231 e. The quantitative estimate of drug-likeness (QED) is 0.574. The number of nitrogens with zero attached hydrogens (tertiary/aromatic N) is 3. The largest absolute Gasteiger partial charge is 0.454 e. The third kappa shape index (κ3) is 3.08. The second-order valence-corrected chi connectivity index (χ2v) is 7.36. The summed E-state index contributed by atoms with van der Waals surface area (Å²) < 4.78 is 13.7. The molecule has 0 atom stereocenters. The SMILES string of the molecule is CN=c1scc(-c2ccccc2Br)n1N=C(C)c1ccc2c(c1)OCO2. The first-order valence-corrected chi connectivity index (χ1v) is 9.68. The highest BCUT2D eigenvalue weighted by molar-refractivity contribution is 9.10. The van der Waals surface area contributed by atoms with Crippen LogP contribution < -0.4 is 14.3 Å². The summed E-state index contributed by atoms with van der Waals surface area (Å²) in [5.74, 6) is 1.52. The van der Waals surface area contributed by atoms with E-state index in [-0.39, 0.29) is 6.79 Å². The molecule has 3 aromatic rings. The average Bonchev–Trinajstić information content (AvgIpc) is 3.28. The Labute approximate surface area is 163 Å². The minimum absolute atomic E-state index is 0.263. The summed E-state index contributed by atoms with van der Waals surface area (Å²) in [5, 5.41) is 6.90. The molecule has 0 saturated carbocycles. The molecule has 0 aliphatic carbocycles. The summed E-state index contributed by atoms with van der Waals surface area (Å²) in [6.07, 6.45) is 0. The maximum atomic E-state index is 5.47. The van der Waals surface area contributed by atoms with E-state index in [2.05, 4.69) is 32.4 Å². The second-order valence-electron chi connectivity index (χ2n) is 5.67. The van der Waals surface area contributed by atoms with E-state index in [0.717, 1.165) is 43.3 Å². The molecule has 26 heavy (non-hydrogen) atoms. The highest BCUT2D eigenvalue weighted by Gasteiger charge is 2.15. The van der Waals surface area contributed by atoms with Crippen LogP contribution >= 0.6 is 27.3 Å². The molecule has 0 N–H and O–H groups in total. The number of hydrogen-bond donors (Lipinski definition) is 0. The number of ether oxygens (including phenoxy) is 2. The highest BCUT2D eigenvalue weighted by atomic mass is 79.9. The van der Waals surface area contributed by atoms with Gasteiger partial charge in [0.1, 0.15) is 0 Å². The van der Waals surface area contributed by atoms with Gasteiger partial charge in [-0.05, 0) is 31.2 Å². The summed E-state index contributed by atoms with van der Waals surface area (Å²) >= 11 is 5.19. The number of halogens is 1. The maximum Gasteiger partial charge on any atom is 0.231 e. The van der Waals surface area contributed by atoms with Crippen molar-refractivity contribution < 1.29 is 9.47 Å². The van der Waals surface area contributed by atoms with E-state index >= 15 is 0 Å². The highest BCUT2D eigenvalue weighted by Crippen LogP contribution is 2.33. The van der Waals surface area contributed by atoms with Crippen LogP contribution in [-0.2, 0) is 0 Å². The number of aromatic nitrogens is 1. The van der Waals surface area contributed by atoms with Gasteiger partial charge in [-0.3, -0.25) is 4.99 Å². The van der Waals surface area contributed by atoms with Crippen LogP contribution in [0.25, 0.3) is 11.3 Å². The second kappa shape index (κ2) is 7.09. The maximum absolute atomic E-state index is 5.47. The first kappa shape index (κ1) is 17.1. The molecule has 1 aliphatic rings. The molecule has 0 fully saturated rings. The van der Waals surface area contributed by atoms with E-state index in [1.165, 1.54) is 0 Å². The van der Waals surface area contributed by atoms with Crippen LogP contribution in [-0.4, -0.2) is 24.2 Å². The minimum atomic E-state index is 0.263. The standard InChI is InChI=1S/C19H16BrN3O2S/c1-12(13-7-8-17-18(9-13)25-11-24-17)22-23-16(10-26-19(23)21-2)14-5-3-4-6-15(14)20/h3-10H,11H2,1-2H3. The van der Waals surface area contributed by atoms with Gasteiger partial charge in [-0.2, -0.15) is 5.10 Å². The molecule has 0 bridgehead atoms.